The van der Waals surface area contributed by atoms with Crippen molar-refractivity contribution in [3.63, 3.8) is 0 Å². The molecular weight excluding hydrogens is 571 g/mol. The molecule has 12 nitrogen and oxygen atoms in total. The Kier molecular flexibility index (Phi) is 12.1. The van der Waals surface area contributed by atoms with Gasteiger partial charge in [0.25, 0.3) is 5.91 Å². The Morgan fingerprint density at radius 2 is 1.71 bits per heavy atom. The highest BCUT2D eigenvalue weighted by Gasteiger charge is 2.38. The smallest absolute Gasteiger partial charge is 0.475 e. The number of carbonyl (C=O) groups excluding carboxylic acids is 1. The van der Waals surface area contributed by atoms with Gasteiger partial charge in [0.05, 0.1) is 12.2 Å². The topological polar surface area (TPSA) is 163 Å². The number of anilines is 1. The maximum Gasteiger partial charge on any atom is 0.490 e. The van der Waals surface area contributed by atoms with Crippen LogP contribution in [0.1, 0.15) is 47.4 Å². The first-order valence-electron chi connectivity index (χ1n) is 12.3. The van der Waals surface area contributed by atoms with E-state index in [0.29, 0.717) is 31.0 Å². The first-order chi connectivity index (χ1) is 19.2. The molecule has 1 aliphatic carbocycles. The number of rotatable bonds is 9. The highest BCUT2D eigenvalue weighted by atomic mass is 35.5. The zero-order valence-corrected chi connectivity index (χ0v) is 23.0. The number of aliphatic carboxylic acids is 1. The number of hydrogen-bond donors (Lipinski definition) is 3. The monoisotopic (exact) mass is 599 g/mol. The van der Waals surface area contributed by atoms with Crippen LogP contribution in [0.15, 0.2) is 30.5 Å². The minimum Gasteiger partial charge on any atom is -0.475 e. The Labute approximate surface area is 238 Å². The van der Waals surface area contributed by atoms with Crippen LogP contribution in [0, 0.1) is 11.3 Å². The van der Waals surface area contributed by atoms with E-state index in [1.54, 1.807) is 17.1 Å². The molecule has 0 spiro atoms. The van der Waals surface area contributed by atoms with Gasteiger partial charge in [-0.15, -0.1) is 0 Å². The number of carbonyl (C=O) groups is 3. The Balaban J connectivity index is 0.000000745. The summed E-state index contributed by atoms with van der Waals surface area (Å²) in [5.74, 6) is -2.76. The van der Waals surface area contributed by atoms with Gasteiger partial charge >= 0.3 is 18.2 Å². The molecule has 41 heavy (non-hydrogen) atoms. The number of hydrazine groups is 1. The number of alkyl halides is 3. The van der Waals surface area contributed by atoms with Gasteiger partial charge in [0.2, 0.25) is 5.82 Å². The third-order valence-electron chi connectivity index (χ3n) is 6.02. The molecule has 1 aromatic carbocycles. The van der Waals surface area contributed by atoms with E-state index >= 15 is 0 Å². The summed E-state index contributed by atoms with van der Waals surface area (Å²) < 4.78 is 31.7. The molecule has 1 fully saturated rings. The van der Waals surface area contributed by atoms with Gasteiger partial charge in [0.15, 0.2) is 5.82 Å². The van der Waals surface area contributed by atoms with E-state index in [1.807, 2.05) is 30.1 Å². The first kappa shape index (κ1) is 33.0. The van der Waals surface area contributed by atoms with Gasteiger partial charge < -0.3 is 20.0 Å². The van der Waals surface area contributed by atoms with Gasteiger partial charge in [-0.25, -0.2) is 14.6 Å². The van der Waals surface area contributed by atoms with Gasteiger partial charge in [-0.1, -0.05) is 36.6 Å². The quantitative estimate of drug-likeness (QED) is 0.362. The lowest BCUT2D eigenvalue weighted by molar-refractivity contribution is -0.192. The predicted molar refractivity (Wildman–Crippen MR) is 141 cm³/mol. The fraction of sp³-hybridized carbons (Fsp3) is 0.440. The average Bonchev–Trinajstić information content (AvgIpc) is 3.45. The summed E-state index contributed by atoms with van der Waals surface area (Å²) in [7, 11) is 3.45. The van der Waals surface area contributed by atoms with Crippen molar-refractivity contribution in [1.29, 1.82) is 5.26 Å². The van der Waals surface area contributed by atoms with E-state index in [-0.39, 0.29) is 22.8 Å². The average molecular weight is 600 g/mol. The number of halogens is 4. The van der Waals surface area contributed by atoms with Gasteiger partial charge in [-0.05, 0) is 37.6 Å². The molecule has 2 amide bonds. The molecule has 1 aromatic heterocycles. The van der Waals surface area contributed by atoms with Gasteiger partial charge in [0, 0.05) is 32.2 Å². The molecule has 0 aliphatic heterocycles. The Bertz CT molecular complexity index is 1250. The maximum atomic E-state index is 13.0. The number of likely N-dealkylation sites (N-methyl/N-ethyl adjacent to an activating group) is 2. The lowest BCUT2D eigenvalue weighted by atomic mass is 10.1. The van der Waals surface area contributed by atoms with Crippen molar-refractivity contribution in [3.05, 3.63) is 52.4 Å². The Morgan fingerprint density at radius 3 is 2.22 bits per heavy atom. The number of hydrogen-bond acceptors (Lipinski definition) is 8. The largest absolute Gasteiger partial charge is 0.490 e. The van der Waals surface area contributed by atoms with Crippen molar-refractivity contribution in [1.82, 2.24) is 25.2 Å². The normalized spacial score (nSPS) is 13.1. The summed E-state index contributed by atoms with van der Waals surface area (Å²) in [5.41, 5.74) is 4.41. The molecule has 3 N–H and O–H groups in total. The van der Waals surface area contributed by atoms with Crippen LogP contribution in [-0.4, -0.2) is 87.4 Å². The second-order valence-corrected chi connectivity index (χ2v) is 9.58. The van der Waals surface area contributed by atoms with E-state index in [9.17, 15) is 28.0 Å². The maximum absolute atomic E-state index is 13.0. The van der Waals surface area contributed by atoms with E-state index in [2.05, 4.69) is 15.4 Å². The molecule has 1 heterocycles. The fourth-order valence-electron chi connectivity index (χ4n) is 3.80. The number of benzene rings is 1. The number of nitrogens with one attached hydrogen (secondary N) is 1. The highest BCUT2D eigenvalue weighted by Crippen LogP contribution is 2.30. The summed E-state index contributed by atoms with van der Waals surface area (Å²) in [6.07, 6.45) is -0.835. The van der Waals surface area contributed by atoms with Crippen LogP contribution in [0.3, 0.4) is 0 Å². The molecule has 0 unspecified atom stereocenters. The van der Waals surface area contributed by atoms with Crippen molar-refractivity contribution in [2.75, 3.05) is 32.2 Å². The molecule has 222 valence electrons. The van der Waals surface area contributed by atoms with Crippen molar-refractivity contribution in [2.24, 2.45) is 0 Å². The lowest BCUT2D eigenvalue weighted by Crippen LogP contribution is -2.48. The second-order valence-electron chi connectivity index (χ2n) is 9.17. The number of carboxylic acids is 1. The van der Waals surface area contributed by atoms with E-state index < -0.39 is 18.2 Å². The van der Waals surface area contributed by atoms with Crippen LogP contribution in [-0.2, 0) is 11.3 Å². The first-order valence-corrected chi connectivity index (χ1v) is 12.6. The molecule has 1 aliphatic rings. The standard InChI is InChI=1S/C23H28ClN7O3.C2HF3O2/c1-29(11-12-30(2)23(33)34)15-16-7-9-17(10-8-16)22(32)28-31(18-5-3-4-6-18)21-19(24)14-26-20(13-25)27-21;3-2(4,5)1(6)7/h7-10,14,18H,3-6,11-12,15H2,1-2H3,(H,28,32)(H,33,34);(H,6,7). The van der Waals surface area contributed by atoms with Crippen LogP contribution < -0.4 is 10.4 Å². The van der Waals surface area contributed by atoms with Crippen LogP contribution in [0.4, 0.5) is 23.8 Å². The minimum absolute atomic E-state index is 0.0142. The van der Waals surface area contributed by atoms with E-state index in [4.69, 9.17) is 26.6 Å². The molecule has 2 aromatic rings. The zero-order valence-electron chi connectivity index (χ0n) is 22.2. The molecule has 1 saturated carbocycles. The molecule has 0 saturated heterocycles. The van der Waals surface area contributed by atoms with E-state index in [0.717, 1.165) is 31.2 Å². The van der Waals surface area contributed by atoms with Crippen molar-refractivity contribution in [2.45, 2.75) is 44.4 Å². The molecule has 0 atom stereocenters. The summed E-state index contributed by atoms with van der Waals surface area (Å²) in [5, 5.41) is 27.2. The molecule has 3 rings (SSSR count). The second kappa shape index (κ2) is 15.0. The van der Waals surface area contributed by atoms with Crippen LogP contribution >= 0.6 is 11.6 Å². The zero-order chi connectivity index (χ0) is 30.7. The number of nitriles is 1. The third-order valence-corrected chi connectivity index (χ3v) is 6.29. The summed E-state index contributed by atoms with van der Waals surface area (Å²) >= 11 is 6.32. The van der Waals surface area contributed by atoms with Crippen LogP contribution in [0.2, 0.25) is 5.02 Å². The highest BCUT2D eigenvalue weighted by molar-refractivity contribution is 6.32. The molecule has 0 bridgehead atoms. The van der Waals surface area contributed by atoms with Gasteiger partial charge in [-0.3, -0.25) is 15.2 Å². The number of aromatic nitrogens is 2. The van der Waals surface area contributed by atoms with Crippen LogP contribution in [0.5, 0.6) is 0 Å². The SMILES string of the molecule is CN(CCN(C)C(=O)O)Cc1ccc(C(=O)NN(c2nc(C#N)ncc2Cl)C2CCCC2)cc1.O=C(O)C(F)(F)F. The van der Waals surface area contributed by atoms with Gasteiger partial charge in [-0.2, -0.15) is 23.4 Å². The van der Waals surface area contributed by atoms with Gasteiger partial charge in [0.1, 0.15) is 11.1 Å². The number of amides is 2. The van der Waals surface area contributed by atoms with Crippen molar-refractivity contribution >= 4 is 35.4 Å². The molecule has 16 heteroatoms. The fourth-order valence-corrected chi connectivity index (χ4v) is 3.99. The number of nitrogens with zero attached hydrogens (tertiary/aromatic N) is 6. The molecule has 0 radical (unpaired) electrons. The summed E-state index contributed by atoms with van der Waals surface area (Å²) in [6, 6.07) is 9.18. The minimum atomic E-state index is -5.08. The molecular formula is C25H29ClF3N7O5. The lowest BCUT2D eigenvalue weighted by Gasteiger charge is -2.30. The summed E-state index contributed by atoms with van der Waals surface area (Å²) in [6.45, 7) is 1.62. The number of carboxylic acid groups (broad SMARTS) is 2. The van der Waals surface area contributed by atoms with Crippen molar-refractivity contribution < 1.29 is 37.8 Å². The predicted octanol–water partition coefficient (Wildman–Crippen LogP) is 3.77. The Morgan fingerprint density at radius 1 is 1.12 bits per heavy atom. The Hall–Kier alpha value is -4.16. The van der Waals surface area contributed by atoms with Crippen molar-refractivity contribution in [3.8, 4) is 6.07 Å². The van der Waals surface area contributed by atoms with Crippen LogP contribution in [0.25, 0.3) is 0 Å². The summed E-state index contributed by atoms with van der Waals surface area (Å²) in [4.78, 5) is 44.2. The van der Waals surface area contributed by atoms with E-state index in [1.165, 1.54) is 18.1 Å². The third kappa shape index (κ3) is 10.4.